The maximum absolute atomic E-state index is 13.5. The zero-order valence-corrected chi connectivity index (χ0v) is 13.3. The van der Waals surface area contributed by atoms with Crippen molar-refractivity contribution in [1.29, 1.82) is 0 Å². The first-order valence-corrected chi connectivity index (χ1v) is 7.64. The maximum atomic E-state index is 13.5. The molecule has 0 spiro atoms. The highest BCUT2D eigenvalue weighted by Crippen LogP contribution is 2.37. The molecule has 0 radical (unpaired) electrons. The summed E-state index contributed by atoms with van der Waals surface area (Å²) in [5.74, 6) is -0.934. The summed E-state index contributed by atoms with van der Waals surface area (Å²) < 4.78 is 19.1. The van der Waals surface area contributed by atoms with E-state index in [2.05, 4.69) is 0 Å². The first kappa shape index (κ1) is 14.9. The monoisotopic (exact) mass is 343 g/mol. The molecule has 1 aliphatic rings. The Hall–Kier alpha value is -2.66. The average molecular weight is 344 g/mol. The molecule has 4 rings (SSSR count). The number of carbonyl (C=O) groups excluding carboxylic acids is 1. The third-order valence-corrected chi connectivity index (χ3v) is 4.46. The number of fused-ring (bicyclic) bond motifs is 2. The largest absolute Gasteiger partial charge is 0.450 e. The Morgan fingerprint density at radius 1 is 1.17 bits per heavy atom. The minimum absolute atomic E-state index is 0.00779. The Labute approximate surface area is 141 Å². The van der Waals surface area contributed by atoms with E-state index in [9.17, 15) is 14.0 Å². The average Bonchev–Trinajstić information content (AvgIpc) is 2.81. The van der Waals surface area contributed by atoms with Gasteiger partial charge in [0.25, 0.3) is 5.91 Å². The van der Waals surface area contributed by atoms with E-state index in [1.54, 1.807) is 31.3 Å². The van der Waals surface area contributed by atoms with Crippen molar-refractivity contribution in [3.05, 3.63) is 80.4 Å². The normalized spacial score (nSPS) is 16.7. The summed E-state index contributed by atoms with van der Waals surface area (Å²) in [5.41, 5.74) is 0.685. The number of nitrogens with zero attached hydrogens (tertiary/aromatic N) is 1. The topological polar surface area (TPSA) is 50.5 Å². The van der Waals surface area contributed by atoms with Crippen LogP contribution in [0.15, 0.2) is 51.7 Å². The zero-order valence-electron chi connectivity index (χ0n) is 12.5. The van der Waals surface area contributed by atoms with E-state index < -0.39 is 23.2 Å². The van der Waals surface area contributed by atoms with E-state index in [0.29, 0.717) is 10.6 Å². The van der Waals surface area contributed by atoms with Crippen LogP contribution in [-0.4, -0.2) is 17.9 Å². The third-order valence-electron chi connectivity index (χ3n) is 4.23. The number of halogens is 2. The number of amides is 1. The second kappa shape index (κ2) is 5.18. The quantitative estimate of drug-likeness (QED) is 0.676. The second-order valence-corrected chi connectivity index (χ2v) is 6.12. The van der Waals surface area contributed by atoms with Crippen LogP contribution in [0.3, 0.4) is 0 Å². The summed E-state index contributed by atoms with van der Waals surface area (Å²) in [6.45, 7) is 0. The van der Waals surface area contributed by atoms with Gasteiger partial charge in [-0.05, 0) is 35.9 Å². The van der Waals surface area contributed by atoms with Crippen LogP contribution >= 0.6 is 11.6 Å². The first-order chi connectivity index (χ1) is 11.5. The van der Waals surface area contributed by atoms with Crippen LogP contribution in [0, 0.1) is 5.82 Å². The van der Waals surface area contributed by atoms with Gasteiger partial charge in [-0.25, -0.2) is 4.39 Å². The van der Waals surface area contributed by atoms with Crippen molar-refractivity contribution in [2.75, 3.05) is 7.05 Å². The molecule has 1 amide bonds. The van der Waals surface area contributed by atoms with Crippen molar-refractivity contribution >= 4 is 28.5 Å². The second-order valence-electron chi connectivity index (χ2n) is 5.69. The van der Waals surface area contributed by atoms with Crippen LogP contribution in [0.2, 0.25) is 5.02 Å². The van der Waals surface area contributed by atoms with Crippen molar-refractivity contribution in [3.63, 3.8) is 0 Å². The predicted octanol–water partition coefficient (Wildman–Crippen LogP) is 3.76. The van der Waals surface area contributed by atoms with Crippen molar-refractivity contribution in [3.8, 4) is 0 Å². The molecule has 1 aliphatic heterocycles. The number of rotatable bonds is 1. The van der Waals surface area contributed by atoms with E-state index >= 15 is 0 Å². The molecule has 0 fully saturated rings. The van der Waals surface area contributed by atoms with Crippen LogP contribution in [0.25, 0.3) is 11.0 Å². The van der Waals surface area contributed by atoms with Gasteiger partial charge in [0.2, 0.25) is 5.76 Å². The SMILES string of the molecule is CN1C(=O)c2oc3ccc(F)cc3c(=O)c2[C@@H]1c1cccc(Cl)c1. The molecule has 0 saturated heterocycles. The van der Waals surface area contributed by atoms with Gasteiger partial charge in [0, 0.05) is 12.1 Å². The summed E-state index contributed by atoms with van der Waals surface area (Å²) in [6, 6.07) is 9.98. The fourth-order valence-electron chi connectivity index (χ4n) is 3.13. The summed E-state index contributed by atoms with van der Waals surface area (Å²) in [7, 11) is 1.59. The first-order valence-electron chi connectivity index (χ1n) is 7.26. The van der Waals surface area contributed by atoms with Gasteiger partial charge in [0.05, 0.1) is 17.0 Å². The molecule has 0 N–H and O–H groups in total. The van der Waals surface area contributed by atoms with Crippen LogP contribution < -0.4 is 5.43 Å². The lowest BCUT2D eigenvalue weighted by Crippen LogP contribution is -2.25. The highest BCUT2D eigenvalue weighted by atomic mass is 35.5. The van der Waals surface area contributed by atoms with Crippen molar-refractivity contribution in [1.82, 2.24) is 4.90 Å². The van der Waals surface area contributed by atoms with Crippen LogP contribution in [0.1, 0.15) is 27.7 Å². The van der Waals surface area contributed by atoms with Crippen LogP contribution in [0.4, 0.5) is 4.39 Å². The zero-order chi connectivity index (χ0) is 17.0. The number of benzene rings is 2. The van der Waals surface area contributed by atoms with Gasteiger partial charge < -0.3 is 9.32 Å². The van der Waals surface area contributed by atoms with E-state index in [-0.39, 0.29) is 22.3 Å². The molecule has 0 aliphatic carbocycles. The number of hydrogen-bond acceptors (Lipinski definition) is 3. The lowest BCUT2D eigenvalue weighted by atomic mass is 9.99. The van der Waals surface area contributed by atoms with Gasteiger partial charge >= 0.3 is 0 Å². The summed E-state index contributed by atoms with van der Waals surface area (Å²) in [4.78, 5) is 26.8. The maximum Gasteiger partial charge on any atom is 0.290 e. The molecule has 0 bridgehead atoms. The van der Waals surface area contributed by atoms with E-state index in [1.807, 2.05) is 0 Å². The summed E-state index contributed by atoms with van der Waals surface area (Å²) >= 11 is 6.04. The summed E-state index contributed by atoms with van der Waals surface area (Å²) in [5, 5.41) is 0.613. The molecule has 2 heterocycles. The van der Waals surface area contributed by atoms with Gasteiger partial charge in [-0.3, -0.25) is 9.59 Å². The molecule has 24 heavy (non-hydrogen) atoms. The van der Waals surface area contributed by atoms with Crippen LogP contribution in [-0.2, 0) is 0 Å². The lowest BCUT2D eigenvalue weighted by Gasteiger charge is -2.20. The highest BCUT2D eigenvalue weighted by Gasteiger charge is 2.40. The van der Waals surface area contributed by atoms with Gasteiger partial charge in [0.15, 0.2) is 5.43 Å². The van der Waals surface area contributed by atoms with Crippen molar-refractivity contribution < 1.29 is 13.6 Å². The molecule has 2 aromatic carbocycles. The molecule has 1 aromatic heterocycles. The Balaban J connectivity index is 2.05. The van der Waals surface area contributed by atoms with Gasteiger partial charge in [0.1, 0.15) is 11.4 Å². The third kappa shape index (κ3) is 2.05. The molecule has 1 atom stereocenters. The van der Waals surface area contributed by atoms with Crippen LogP contribution in [0.5, 0.6) is 0 Å². The molecule has 0 unspecified atom stereocenters. The fourth-order valence-corrected chi connectivity index (χ4v) is 3.33. The fraction of sp³-hybridized carbons (Fsp3) is 0.111. The van der Waals surface area contributed by atoms with E-state index in [1.165, 1.54) is 17.0 Å². The predicted molar refractivity (Wildman–Crippen MR) is 87.8 cm³/mol. The molecule has 6 heteroatoms. The molecule has 120 valence electrons. The van der Waals surface area contributed by atoms with Gasteiger partial charge in [-0.2, -0.15) is 0 Å². The van der Waals surface area contributed by atoms with Crippen molar-refractivity contribution in [2.45, 2.75) is 6.04 Å². The smallest absolute Gasteiger partial charge is 0.290 e. The van der Waals surface area contributed by atoms with Gasteiger partial charge in [-0.15, -0.1) is 0 Å². The standard InChI is InChI=1S/C18H11ClFNO3/c1-21-15(9-3-2-4-10(19)7-9)14-16(22)12-8-11(20)5-6-13(12)24-17(14)18(21)23/h2-8,15H,1H3/t15-/m0/s1. The van der Waals surface area contributed by atoms with E-state index in [0.717, 1.165) is 6.07 Å². The molecule has 4 nitrogen and oxygen atoms in total. The molecule has 3 aromatic rings. The number of hydrogen-bond donors (Lipinski definition) is 0. The summed E-state index contributed by atoms with van der Waals surface area (Å²) in [6.07, 6.45) is 0. The lowest BCUT2D eigenvalue weighted by molar-refractivity contribution is 0.0771. The minimum atomic E-state index is -0.616. The molecular weight excluding hydrogens is 333 g/mol. The Morgan fingerprint density at radius 3 is 2.71 bits per heavy atom. The number of carbonyl (C=O) groups is 1. The van der Waals surface area contributed by atoms with Gasteiger partial charge in [-0.1, -0.05) is 23.7 Å². The Morgan fingerprint density at radius 2 is 1.96 bits per heavy atom. The molecule has 0 saturated carbocycles. The Kier molecular flexibility index (Phi) is 3.21. The Bertz CT molecular complexity index is 1060. The highest BCUT2D eigenvalue weighted by molar-refractivity contribution is 6.30. The molecular formula is C18H11ClFNO3. The minimum Gasteiger partial charge on any atom is -0.450 e. The van der Waals surface area contributed by atoms with E-state index in [4.69, 9.17) is 16.0 Å². The van der Waals surface area contributed by atoms with Crippen molar-refractivity contribution in [2.24, 2.45) is 0 Å².